The molecule has 0 spiro atoms. The van der Waals surface area contributed by atoms with Crippen LogP contribution >= 0.6 is 0 Å². The second-order valence-electron chi connectivity index (χ2n) is 7.06. The molecule has 24 heavy (non-hydrogen) atoms. The first-order valence-corrected chi connectivity index (χ1v) is 9.20. The van der Waals surface area contributed by atoms with Crippen LogP contribution in [0.1, 0.15) is 26.7 Å². The molecule has 0 unspecified atom stereocenters. The van der Waals surface area contributed by atoms with Crippen LogP contribution in [0.2, 0.25) is 0 Å². The number of benzene rings is 1. The highest BCUT2D eigenvalue weighted by Gasteiger charge is 2.32. The summed E-state index contributed by atoms with van der Waals surface area (Å²) < 4.78 is 0. The molecule has 5 heteroatoms. The number of urea groups is 1. The molecule has 0 aromatic heterocycles. The number of carbonyl (C=O) groups excluding carboxylic acids is 1. The highest BCUT2D eigenvalue weighted by molar-refractivity contribution is 5.93. The van der Waals surface area contributed by atoms with Crippen molar-refractivity contribution in [1.82, 2.24) is 9.80 Å². The summed E-state index contributed by atoms with van der Waals surface area (Å²) in [5, 5.41) is 3.13. The third-order valence-corrected chi connectivity index (χ3v) is 5.54. The van der Waals surface area contributed by atoms with E-state index in [2.05, 4.69) is 35.0 Å². The van der Waals surface area contributed by atoms with Gasteiger partial charge in [-0.2, -0.15) is 0 Å². The van der Waals surface area contributed by atoms with E-state index in [0.717, 1.165) is 44.1 Å². The van der Waals surface area contributed by atoms with Gasteiger partial charge in [-0.15, -0.1) is 0 Å². The van der Waals surface area contributed by atoms with Crippen molar-refractivity contribution in [2.45, 2.75) is 32.7 Å². The van der Waals surface area contributed by atoms with Crippen LogP contribution < -0.4 is 10.2 Å². The van der Waals surface area contributed by atoms with Crippen LogP contribution in [-0.2, 0) is 0 Å². The van der Waals surface area contributed by atoms with Gasteiger partial charge in [0, 0.05) is 39.3 Å². The molecule has 2 aliphatic rings. The smallest absolute Gasteiger partial charge is 0.321 e. The highest BCUT2D eigenvalue weighted by atomic mass is 16.2. The van der Waals surface area contributed by atoms with Crippen LogP contribution in [0.15, 0.2) is 24.3 Å². The van der Waals surface area contributed by atoms with Crippen LogP contribution in [0.4, 0.5) is 16.2 Å². The lowest BCUT2D eigenvalue weighted by Gasteiger charge is -2.36. The number of carbonyl (C=O) groups is 1. The monoisotopic (exact) mass is 330 g/mol. The minimum absolute atomic E-state index is 0.00551. The van der Waals surface area contributed by atoms with Crippen LogP contribution in [0, 0.1) is 5.92 Å². The molecule has 0 bridgehead atoms. The molecule has 2 fully saturated rings. The van der Waals surface area contributed by atoms with E-state index >= 15 is 0 Å². The van der Waals surface area contributed by atoms with Gasteiger partial charge in [0.05, 0.1) is 11.4 Å². The number of rotatable bonds is 5. The number of likely N-dealkylation sites (N-methyl/N-ethyl adjacent to an activating group) is 1. The van der Waals surface area contributed by atoms with Crippen molar-refractivity contribution in [3.05, 3.63) is 24.3 Å². The number of para-hydroxylation sites is 2. The second-order valence-corrected chi connectivity index (χ2v) is 7.06. The Morgan fingerprint density at radius 2 is 1.92 bits per heavy atom. The van der Waals surface area contributed by atoms with Gasteiger partial charge >= 0.3 is 6.03 Å². The van der Waals surface area contributed by atoms with Gasteiger partial charge in [-0.1, -0.05) is 19.1 Å². The van der Waals surface area contributed by atoms with E-state index in [0.29, 0.717) is 12.0 Å². The number of anilines is 2. The SMILES string of the molecule is CCN1CCN(c2ccccc2NC(=O)N(C)[C@@H](C)C2CC2)CC1. The quantitative estimate of drug-likeness (QED) is 0.902. The first-order valence-electron chi connectivity index (χ1n) is 9.20. The van der Waals surface area contributed by atoms with Crippen molar-refractivity contribution in [3.8, 4) is 0 Å². The first kappa shape index (κ1) is 17.1. The van der Waals surface area contributed by atoms with Gasteiger partial charge < -0.3 is 20.0 Å². The Hall–Kier alpha value is -1.75. The molecule has 1 aromatic carbocycles. The molecular formula is C19H30N4O. The Bertz CT molecular complexity index is 564. The summed E-state index contributed by atoms with van der Waals surface area (Å²) >= 11 is 0. The fourth-order valence-corrected chi connectivity index (χ4v) is 3.44. The molecule has 1 saturated heterocycles. The summed E-state index contributed by atoms with van der Waals surface area (Å²) in [5.74, 6) is 0.679. The minimum Gasteiger partial charge on any atom is -0.367 e. The summed E-state index contributed by atoms with van der Waals surface area (Å²) in [5.41, 5.74) is 2.05. The predicted molar refractivity (Wildman–Crippen MR) is 99.7 cm³/mol. The average Bonchev–Trinajstić information content (AvgIpc) is 3.46. The molecule has 3 rings (SSSR count). The third-order valence-electron chi connectivity index (χ3n) is 5.54. The fourth-order valence-electron chi connectivity index (χ4n) is 3.44. The molecule has 2 amide bonds. The zero-order chi connectivity index (χ0) is 17.1. The van der Waals surface area contributed by atoms with Crippen LogP contribution in [0.5, 0.6) is 0 Å². The molecule has 132 valence electrons. The molecular weight excluding hydrogens is 300 g/mol. The lowest BCUT2D eigenvalue weighted by molar-refractivity contribution is 0.201. The summed E-state index contributed by atoms with van der Waals surface area (Å²) in [6.45, 7) is 9.64. The molecule has 1 aromatic rings. The van der Waals surface area contributed by atoms with E-state index in [1.807, 2.05) is 30.1 Å². The zero-order valence-electron chi connectivity index (χ0n) is 15.2. The largest absolute Gasteiger partial charge is 0.367 e. The number of nitrogens with zero attached hydrogens (tertiary/aromatic N) is 3. The maximum atomic E-state index is 12.6. The Balaban J connectivity index is 1.66. The van der Waals surface area contributed by atoms with Crippen LogP contribution in [0.25, 0.3) is 0 Å². The predicted octanol–water partition coefficient (Wildman–Crippen LogP) is 3.09. The summed E-state index contributed by atoms with van der Waals surface area (Å²) in [6.07, 6.45) is 2.49. The van der Waals surface area contributed by atoms with E-state index < -0.39 is 0 Å². The van der Waals surface area contributed by atoms with Crippen molar-refractivity contribution in [2.75, 3.05) is 50.0 Å². The van der Waals surface area contributed by atoms with Crippen molar-refractivity contribution in [3.63, 3.8) is 0 Å². The Morgan fingerprint density at radius 3 is 2.54 bits per heavy atom. The highest BCUT2D eigenvalue weighted by Crippen LogP contribution is 2.35. The molecule has 0 radical (unpaired) electrons. The van der Waals surface area contributed by atoms with Crippen molar-refractivity contribution < 1.29 is 4.79 Å². The average molecular weight is 330 g/mol. The normalized spacial score (nSPS) is 19.9. The second kappa shape index (κ2) is 7.43. The Morgan fingerprint density at radius 1 is 1.25 bits per heavy atom. The van der Waals surface area contributed by atoms with E-state index in [-0.39, 0.29) is 6.03 Å². The molecule has 1 aliphatic heterocycles. The zero-order valence-corrected chi connectivity index (χ0v) is 15.2. The molecule has 1 saturated carbocycles. The van der Waals surface area contributed by atoms with Crippen molar-refractivity contribution >= 4 is 17.4 Å². The van der Waals surface area contributed by atoms with Gasteiger partial charge in [-0.25, -0.2) is 4.79 Å². The van der Waals surface area contributed by atoms with Gasteiger partial charge in [0.2, 0.25) is 0 Å². The maximum Gasteiger partial charge on any atom is 0.321 e. The minimum atomic E-state index is -0.00551. The van der Waals surface area contributed by atoms with E-state index in [4.69, 9.17) is 0 Å². The summed E-state index contributed by atoms with van der Waals surface area (Å²) in [7, 11) is 1.90. The number of amides is 2. The topological polar surface area (TPSA) is 38.8 Å². The van der Waals surface area contributed by atoms with Gasteiger partial charge in [-0.3, -0.25) is 0 Å². The van der Waals surface area contributed by atoms with Gasteiger partial charge in [0.1, 0.15) is 0 Å². The molecule has 1 N–H and O–H groups in total. The standard InChI is InChI=1S/C19H30N4O/c1-4-22-11-13-23(14-12-22)18-8-6-5-7-17(18)20-19(24)21(3)15(2)16-9-10-16/h5-8,15-16H,4,9-14H2,1-3H3,(H,20,24)/t15-/m0/s1. The number of hydrogen-bond donors (Lipinski definition) is 1. The first-order chi connectivity index (χ1) is 11.6. The lowest BCUT2D eigenvalue weighted by Crippen LogP contribution is -2.46. The van der Waals surface area contributed by atoms with Crippen molar-refractivity contribution in [2.24, 2.45) is 5.92 Å². The van der Waals surface area contributed by atoms with Crippen LogP contribution in [-0.4, -0.2) is 61.6 Å². The van der Waals surface area contributed by atoms with Gasteiger partial charge in [0.15, 0.2) is 0 Å². The number of nitrogens with one attached hydrogen (secondary N) is 1. The van der Waals surface area contributed by atoms with E-state index in [1.54, 1.807) is 0 Å². The maximum absolute atomic E-state index is 12.6. The Kier molecular flexibility index (Phi) is 5.29. The Labute approximate surface area is 145 Å². The van der Waals surface area contributed by atoms with Crippen LogP contribution in [0.3, 0.4) is 0 Å². The lowest BCUT2D eigenvalue weighted by atomic mass is 10.2. The van der Waals surface area contributed by atoms with E-state index in [9.17, 15) is 4.79 Å². The van der Waals surface area contributed by atoms with Gasteiger partial charge in [0.25, 0.3) is 0 Å². The summed E-state index contributed by atoms with van der Waals surface area (Å²) in [6, 6.07) is 8.47. The third kappa shape index (κ3) is 3.83. The molecule has 1 atom stereocenters. The molecule has 5 nitrogen and oxygen atoms in total. The number of piperazine rings is 1. The van der Waals surface area contributed by atoms with Crippen molar-refractivity contribution in [1.29, 1.82) is 0 Å². The van der Waals surface area contributed by atoms with E-state index in [1.165, 1.54) is 12.8 Å². The molecule has 1 aliphatic carbocycles. The number of hydrogen-bond acceptors (Lipinski definition) is 3. The molecule has 1 heterocycles. The summed E-state index contributed by atoms with van der Waals surface area (Å²) in [4.78, 5) is 19.3. The van der Waals surface area contributed by atoms with Gasteiger partial charge in [-0.05, 0) is 44.4 Å². The fraction of sp³-hybridized carbons (Fsp3) is 0.632.